The molecule has 0 aromatic heterocycles. The Labute approximate surface area is 172 Å². The zero-order chi connectivity index (χ0) is 20.6. The zero-order valence-corrected chi connectivity index (χ0v) is 17.4. The summed E-state index contributed by atoms with van der Waals surface area (Å²) in [4.78, 5) is 15.1. The third-order valence-corrected chi connectivity index (χ3v) is 5.07. The highest BCUT2D eigenvalue weighted by molar-refractivity contribution is 6.07. The molecular formula is C24H29NO4. The zero-order valence-electron chi connectivity index (χ0n) is 17.4. The van der Waals surface area contributed by atoms with Crippen LogP contribution in [0, 0.1) is 0 Å². The second kappa shape index (κ2) is 10.1. The van der Waals surface area contributed by atoms with Crippen LogP contribution >= 0.6 is 0 Å². The van der Waals surface area contributed by atoms with E-state index in [-0.39, 0.29) is 5.78 Å². The van der Waals surface area contributed by atoms with Gasteiger partial charge in [-0.15, -0.1) is 0 Å². The maximum atomic E-state index is 12.7. The third-order valence-electron chi connectivity index (χ3n) is 5.07. The lowest BCUT2D eigenvalue weighted by molar-refractivity contribution is 0.104. The maximum absolute atomic E-state index is 12.7. The maximum Gasteiger partial charge on any atom is 0.185 e. The van der Waals surface area contributed by atoms with Gasteiger partial charge in [0.1, 0.15) is 5.75 Å². The molecule has 0 bridgehead atoms. The number of ether oxygens (including phenoxy) is 3. The van der Waals surface area contributed by atoms with Crippen LogP contribution in [0.3, 0.4) is 0 Å². The number of allylic oxidation sites excluding steroid dienone is 1. The molecule has 1 fully saturated rings. The van der Waals surface area contributed by atoms with Gasteiger partial charge in [0.25, 0.3) is 0 Å². The minimum atomic E-state index is -0.0379. The van der Waals surface area contributed by atoms with Crippen molar-refractivity contribution in [3.8, 4) is 17.2 Å². The van der Waals surface area contributed by atoms with E-state index in [9.17, 15) is 4.79 Å². The molecule has 154 valence electrons. The molecule has 0 N–H and O–H groups in total. The normalized spacial score (nSPS) is 14.3. The average Bonchev–Trinajstić information content (AvgIpc) is 3.25. The van der Waals surface area contributed by atoms with Crippen molar-refractivity contribution < 1.29 is 19.0 Å². The molecule has 0 radical (unpaired) electrons. The van der Waals surface area contributed by atoms with Crippen molar-refractivity contribution in [3.05, 3.63) is 59.2 Å². The summed E-state index contributed by atoms with van der Waals surface area (Å²) < 4.78 is 16.4. The standard InChI is InChI=1S/C24H29NO4/c1-4-29-24-15-18(8-11-23(24)28-3)7-10-21(26)19-9-12-22(27-2)20(16-19)17-25-13-5-6-14-25/h7-12,15-16H,4-6,13-14,17H2,1-3H3/b10-7+. The molecular weight excluding hydrogens is 366 g/mol. The van der Waals surface area contributed by atoms with Crippen LogP contribution in [0.5, 0.6) is 17.2 Å². The summed E-state index contributed by atoms with van der Waals surface area (Å²) in [6, 6.07) is 11.3. The van der Waals surface area contributed by atoms with E-state index in [0.29, 0.717) is 23.7 Å². The summed E-state index contributed by atoms with van der Waals surface area (Å²) in [5.74, 6) is 2.14. The molecule has 2 aromatic carbocycles. The summed E-state index contributed by atoms with van der Waals surface area (Å²) in [6.45, 7) is 5.48. The Morgan fingerprint density at radius 1 is 1.00 bits per heavy atom. The summed E-state index contributed by atoms with van der Waals surface area (Å²) in [7, 11) is 3.28. The predicted octanol–water partition coefficient (Wildman–Crippen LogP) is 4.59. The van der Waals surface area contributed by atoms with Crippen LogP contribution in [-0.4, -0.2) is 44.6 Å². The van der Waals surface area contributed by atoms with Gasteiger partial charge in [-0.3, -0.25) is 9.69 Å². The van der Waals surface area contributed by atoms with Crippen molar-refractivity contribution in [2.45, 2.75) is 26.3 Å². The minimum absolute atomic E-state index is 0.0379. The quantitative estimate of drug-likeness (QED) is 0.459. The van der Waals surface area contributed by atoms with Gasteiger partial charge in [-0.05, 0) is 74.8 Å². The minimum Gasteiger partial charge on any atom is -0.496 e. The van der Waals surface area contributed by atoms with Crippen molar-refractivity contribution in [3.63, 3.8) is 0 Å². The van der Waals surface area contributed by atoms with Gasteiger partial charge in [0.2, 0.25) is 0 Å². The van der Waals surface area contributed by atoms with Gasteiger partial charge in [-0.1, -0.05) is 12.1 Å². The molecule has 0 saturated carbocycles. The number of rotatable bonds is 9. The molecule has 0 unspecified atom stereocenters. The highest BCUT2D eigenvalue weighted by Crippen LogP contribution is 2.29. The van der Waals surface area contributed by atoms with Gasteiger partial charge in [0, 0.05) is 17.7 Å². The lowest BCUT2D eigenvalue weighted by atomic mass is 10.0. The number of methoxy groups -OCH3 is 2. The van der Waals surface area contributed by atoms with Gasteiger partial charge >= 0.3 is 0 Å². The first kappa shape index (κ1) is 20.9. The predicted molar refractivity (Wildman–Crippen MR) is 115 cm³/mol. The fraction of sp³-hybridized carbons (Fsp3) is 0.375. The number of hydrogen-bond donors (Lipinski definition) is 0. The van der Waals surface area contributed by atoms with Crippen molar-refractivity contribution in [1.82, 2.24) is 4.90 Å². The van der Waals surface area contributed by atoms with Crippen LogP contribution in [-0.2, 0) is 6.54 Å². The van der Waals surface area contributed by atoms with Gasteiger partial charge in [-0.2, -0.15) is 0 Å². The monoisotopic (exact) mass is 395 g/mol. The fourth-order valence-corrected chi connectivity index (χ4v) is 3.57. The summed E-state index contributed by atoms with van der Waals surface area (Å²) >= 11 is 0. The van der Waals surface area contributed by atoms with Gasteiger partial charge in [-0.25, -0.2) is 0 Å². The molecule has 0 atom stereocenters. The molecule has 0 spiro atoms. The smallest absolute Gasteiger partial charge is 0.185 e. The number of benzene rings is 2. The van der Waals surface area contributed by atoms with Crippen LogP contribution in [0.4, 0.5) is 0 Å². The Balaban J connectivity index is 1.76. The second-order valence-electron chi connectivity index (χ2n) is 7.05. The van der Waals surface area contributed by atoms with E-state index >= 15 is 0 Å². The molecule has 1 aliphatic rings. The summed E-state index contributed by atoms with van der Waals surface area (Å²) in [5, 5.41) is 0. The topological polar surface area (TPSA) is 48.0 Å². The second-order valence-corrected chi connectivity index (χ2v) is 7.05. The first-order valence-electron chi connectivity index (χ1n) is 10.1. The lowest BCUT2D eigenvalue weighted by Gasteiger charge is -2.17. The van der Waals surface area contributed by atoms with Crippen LogP contribution in [0.25, 0.3) is 6.08 Å². The van der Waals surface area contributed by atoms with Crippen molar-refractivity contribution in [1.29, 1.82) is 0 Å². The van der Waals surface area contributed by atoms with Crippen molar-refractivity contribution in [2.75, 3.05) is 33.9 Å². The van der Waals surface area contributed by atoms with Crippen LogP contribution < -0.4 is 14.2 Å². The molecule has 0 amide bonds. The summed E-state index contributed by atoms with van der Waals surface area (Å²) in [6.07, 6.45) is 5.86. The van der Waals surface area contributed by atoms with E-state index in [2.05, 4.69) is 4.90 Å². The number of carbonyl (C=O) groups excluding carboxylic acids is 1. The number of hydrogen-bond acceptors (Lipinski definition) is 5. The molecule has 5 nitrogen and oxygen atoms in total. The van der Waals surface area contributed by atoms with E-state index in [1.807, 2.05) is 43.3 Å². The van der Waals surface area contributed by atoms with Gasteiger partial charge in [0.15, 0.2) is 17.3 Å². The Morgan fingerprint density at radius 3 is 2.41 bits per heavy atom. The van der Waals surface area contributed by atoms with Gasteiger partial charge in [0.05, 0.1) is 20.8 Å². The largest absolute Gasteiger partial charge is 0.496 e. The lowest BCUT2D eigenvalue weighted by Crippen LogP contribution is -2.19. The highest BCUT2D eigenvalue weighted by atomic mass is 16.5. The molecule has 2 aromatic rings. The van der Waals surface area contributed by atoms with Crippen molar-refractivity contribution in [2.24, 2.45) is 0 Å². The SMILES string of the molecule is CCOc1cc(/C=C/C(=O)c2ccc(OC)c(CN3CCCC3)c2)ccc1OC. The number of nitrogens with zero attached hydrogens (tertiary/aromatic N) is 1. The Hall–Kier alpha value is -2.79. The van der Waals surface area contributed by atoms with E-state index in [1.54, 1.807) is 26.4 Å². The first-order valence-corrected chi connectivity index (χ1v) is 10.1. The Morgan fingerprint density at radius 2 is 1.72 bits per heavy atom. The molecule has 0 aliphatic carbocycles. The molecule has 3 rings (SSSR count). The molecule has 1 saturated heterocycles. The molecule has 29 heavy (non-hydrogen) atoms. The summed E-state index contributed by atoms with van der Waals surface area (Å²) in [5.41, 5.74) is 2.60. The van der Waals surface area contributed by atoms with E-state index in [4.69, 9.17) is 14.2 Å². The van der Waals surface area contributed by atoms with Crippen LogP contribution in [0.1, 0.15) is 41.3 Å². The number of carbonyl (C=O) groups is 1. The molecule has 5 heteroatoms. The number of ketones is 1. The fourth-order valence-electron chi connectivity index (χ4n) is 3.57. The highest BCUT2D eigenvalue weighted by Gasteiger charge is 2.15. The van der Waals surface area contributed by atoms with Gasteiger partial charge < -0.3 is 14.2 Å². The Bertz CT molecular complexity index is 869. The van der Waals surface area contributed by atoms with E-state index in [0.717, 1.165) is 36.5 Å². The molecule has 1 heterocycles. The first-order chi connectivity index (χ1) is 14.1. The third kappa shape index (κ3) is 5.39. The Kier molecular flexibility index (Phi) is 7.30. The number of likely N-dealkylation sites (tertiary alicyclic amines) is 1. The van der Waals surface area contributed by atoms with E-state index < -0.39 is 0 Å². The van der Waals surface area contributed by atoms with Crippen LogP contribution in [0.2, 0.25) is 0 Å². The van der Waals surface area contributed by atoms with Crippen LogP contribution in [0.15, 0.2) is 42.5 Å². The van der Waals surface area contributed by atoms with Crippen molar-refractivity contribution >= 4 is 11.9 Å². The average molecular weight is 395 g/mol. The van der Waals surface area contributed by atoms with E-state index in [1.165, 1.54) is 12.8 Å². The molecule has 1 aliphatic heterocycles.